The van der Waals surface area contributed by atoms with E-state index in [4.69, 9.17) is 0 Å². The number of hydrogen-bond donors (Lipinski definition) is 2. The molecule has 0 heterocycles. The van der Waals surface area contributed by atoms with E-state index in [1.807, 2.05) is 56.3 Å². The van der Waals surface area contributed by atoms with Gasteiger partial charge < -0.3 is 10.4 Å². The summed E-state index contributed by atoms with van der Waals surface area (Å²) < 4.78 is 0. The van der Waals surface area contributed by atoms with Gasteiger partial charge in [-0.15, -0.1) is 0 Å². The summed E-state index contributed by atoms with van der Waals surface area (Å²) in [5, 5.41) is 12.2. The second kappa shape index (κ2) is 7.97. The lowest BCUT2D eigenvalue weighted by Crippen LogP contribution is -2.21. The van der Waals surface area contributed by atoms with E-state index in [0.717, 1.165) is 22.4 Å². The molecule has 0 spiro atoms. The summed E-state index contributed by atoms with van der Waals surface area (Å²) in [7, 11) is 0. The normalized spacial score (nSPS) is 11.5. The van der Waals surface area contributed by atoms with E-state index in [1.54, 1.807) is 24.3 Å². The van der Waals surface area contributed by atoms with Gasteiger partial charge in [-0.2, -0.15) is 0 Å². The average Bonchev–Trinajstić information content (AvgIpc) is 2.55. The first kappa shape index (κ1) is 17.3. The molecule has 0 aliphatic heterocycles. The van der Waals surface area contributed by atoms with Crippen molar-refractivity contribution in [2.45, 2.75) is 13.8 Å². The number of phenolic OH excluding ortho intramolecular Hbond substituents is 1. The Balaban J connectivity index is 2.06. The molecule has 0 saturated heterocycles. The first-order valence-electron chi connectivity index (χ1n) is 7.67. The monoisotopic (exact) mass is 319 g/mol. The van der Waals surface area contributed by atoms with E-state index >= 15 is 0 Å². The van der Waals surface area contributed by atoms with Crippen molar-refractivity contribution in [3.8, 4) is 16.9 Å². The van der Waals surface area contributed by atoms with Crippen molar-refractivity contribution in [2.75, 3.05) is 0 Å². The number of hydrogen-bond acceptors (Lipinski definition) is 2. The van der Waals surface area contributed by atoms with Gasteiger partial charge in [-0.3, -0.25) is 4.79 Å². The molecular formula is C21H21NO2. The number of aromatic hydroxyl groups is 1. The third-order valence-corrected chi connectivity index (χ3v) is 3.39. The van der Waals surface area contributed by atoms with Crippen molar-refractivity contribution in [2.24, 2.45) is 0 Å². The van der Waals surface area contributed by atoms with Crippen LogP contribution in [-0.2, 0) is 0 Å². The highest BCUT2D eigenvalue weighted by atomic mass is 16.3. The third kappa shape index (κ3) is 4.99. The molecule has 2 aromatic rings. The zero-order valence-corrected chi connectivity index (χ0v) is 13.9. The zero-order chi connectivity index (χ0) is 17.5. The van der Waals surface area contributed by atoms with Crippen LogP contribution in [0.15, 0.2) is 84.6 Å². The van der Waals surface area contributed by atoms with Crippen molar-refractivity contribution >= 4 is 5.91 Å². The van der Waals surface area contributed by atoms with Gasteiger partial charge in [-0.1, -0.05) is 48.6 Å². The van der Waals surface area contributed by atoms with E-state index < -0.39 is 0 Å². The van der Waals surface area contributed by atoms with E-state index in [-0.39, 0.29) is 11.7 Å². The van der Waals surface area contributed by atoms with Crippen LogP contribution in [0, 0.1) is 0 Å². The van der Waals surface area contributed by atoms with Crippen LogP contribution < -0.4 is 5.32 Å². The molecule has 2 rings (SSSR count). The number of amides is 1. The molecule has 3 nitrogen and oxygen atoms in total. The van der Waals surface area contributed by atoms with Crippen LogP contribution in [0.5, 0.6) is 5.75 Å². The summed E-state index contributed by atoms with van der Waals surface area (Å²) in [6.45, 7) is 7.53. The third-order valence-electron chi connectivity index (χ3n) is 3.39. The maximum atomic E-state index is 12.2. The van der Waals surface area contributed by atoms with Gasteiger partial charge in [-0.05, 0) is 55.3 Å². The molecule has 0 fully saturated rings. The van der Waals surface area contributed by atoms with Crippen molar-refractivity contribution in [1.29, 1.82) is 0 Å². The van der Waals surface area contributed by atoms with Crippen LogP contribution in [0.2, 0.25) is 0 Å². The lowest BCUT2D eigenvalue weighted by molar-refractivity contribution is 0.0966. The molecule has 0 bridgehead atoms. The summed E-state index contributed by atoms with van der Waals surface area (Å²) in [6, 6.07) is 14.3. The molecule has 3 heteroatoms. The highest BCUT2D eigenvalue weighted by Crippen LogP contribution is 2.22. The summed E-state index contributed by atoms with van der Waals surface area (Å²) in [6.07, 6.45) is 5.56. The Morgan fingerprint density at radius 3 is 2.08 bits per heavy atom. The number of carbonyl (C=O) groups excluding carboxylic acids is 1. The van der Waals surface area contributed by atoms with Gasteiger partial charge in [0.15, 0.2) is 0 Å². The molecule has 0 aliphatic carbocycles. The molecule has 2 N–H and O–H groups in total. The van der Waals surface area contributed by atoms with Gasteiger partial charge in [0.05, 0.1) is 0 Å². The second-order valence-corrected chi connectivity index (χ2v) is 5.63. The Morgan fingerprint density at radius 2 is 1.54 bits per heavy atom. The number of benzene rings is 2. The smallest absolute Gasteiger partial charge is 0.255 e. The molecule has 2 aromatic carbocycles. The van der Waals surface area contributed by atoms with Crippen LogP contribution in [0.4, 0.5) is 0 Å². The predicted molar refractivity (Wildman–Crippen MR) is 98.7 cm³/mol. The minimum Gasteiger partial charge on any atom is -0.508 e. The van der Waals surface area contributed by atoms with Crippen molar-refractivity contribution in [3.63, 3.8) is 0 Å². The van der Waals surface area contributed by atoms with Crippen molar-refractivity contribution in [1.82, 2.24) is 5.32 Å². The molecule has 0 saturated carbocycles. The molecule has 122 valence electrons. The Bertz CT molecular complexity index is 782. The largest absolute Gasteiger partial charge is 0.508 e. The maximum absolute atomic E-state index is 12.2. The molecular weight excluding hydrogens is 298 g/mol. The highest BCUT2D eigenvalue weighted by molar-refractivity contribution is 5.95. The van der Waals surface area contributed by atoms with Gasteiger partial charge in [0.2, 0.25) is 0 Å². The Kier molecular flexibility index (Phi) is 5.74. The first-order valence-corrected chi connectivity index (χ1v) is 7.67. The highest BCUT2D eigenvalue weighted by Gasteiger charge is 2.06. The fourth-order valence-electron chi connectivity index (χ4n) is 2.12. The van der Waals surface area contributed by atoms with E-state index in [9.17, 15) is 9.90 Å². The van der Waals surface area contributed by atoms with Gasteiger partial charge in [0, 0.05) is 11.3 Å². The fraction of sp³-hybridized carbons (Fsp3) is 0.0952. The van der Waals surface area contributed by atoms with E-state index in [1.165, 1.54) is 0 Å². The molecule has 0 radical (unpaired) electrons. The molecule has 1 amide bonds. The Labute approximate surface area is 142 Å². The number of nitrogens with one attached hydrogen (secondary N) is 1. The summed E-state index contributed by atoms with van der Waals surface area (Å²) in [4.78, 5) is 12.2. The summed E-state index contributed by atoms with van der Waals surface area (Å²) >= 11 is 0. The zero-order valence-electron chi connectivity index (χ0n) is 13.9. The molecule has 0 unspecified atom stereocenters. The summed E-state index contributed by atoms with van der Waals surface area (Å²) in [5.41, 5.74) is 4.29. The quantitative estimate of drug-likeness (QED) is 0.776. The van der Waals surface area contributed by atoms with Crippen LogP contribution in [0.3, 0.4) is 0 Å². The Morgan fingerprint density at radius 1 is 1.00 bits per heavy atom. The lowest BCUT2D eigenvalue weighted by atomic mass is 10.0. The van der Waals surface area contributed by atoms with Gasteiger partial charge in [0.1, 0.15) is 5.75 Å². The van der Waals surface area contributed by atoms with Gasteiger partial charge in [0.25, 0.3) is 5.91 Å². The lowest BCUT2D eigenvalue weighted by Gasteiger charge is -2.06. The maximum Gasteiger partial charge on any atom is 0.255 e. The average molecular weight is 319 g/mol. The minimum atomic E-state index is -0.148. The first-order chi connectivity index (χ1) is 11.5. The van der Waals surface area contributed by atoms with Crippen molar-refractivity contribution < 1.29 is 9.90 Å². The predicted octanol–water partition coefficient (Wildman–Crippen LogP) is 4.83. The number of carbonyl (C=O) groups is 1. The second-order valence-electron chi connectivity index (χ2n) is 5.63. The van der Waals surface area contributed by atoms with Gasteiger partial charge >= 0.3 is 0 Å². The fourth-order valence-corrected chi connectivity index (χ4v) is 2.12. The molecule has 24 heavy (non-hydrogen) atoms. The number of rotatable bonds is 5. The summed E-state index contributed by atoms with van der Waals surface area (Å²) in [5.74, 6) is 0.0856. The van der Waals surface area contributed by atoms with Crippen LogP contribution in [-0.4, -0.2) is 11.0 Å². The number of allylic oxidation sites excluding steroid dienone is 5. The SMILES string of the molecule is C=C(C)/C=C\C=C(/C)NC(=O)c1ccc(-c2ccc(O)cc2)cc1. The number of phenols is 1. The van der Waals surface area contributed by atoms with E-state index in [0.29, 0.717) is 5.56 Å². The molecule has 0 atom stereocenters. The minimum absolute atomic E-state index is 0.148. The topological polar surface area (TPSA) is 49.3 Å². The van der Waals surface area contributed by atoms with Crippen molar-refractivity contribution in [3.05, 3.63) is 90.2 Å². The van der Waals surface area contributed by atoms with Crippen LogP contribution >= 0.6 is 0 Å². The standard InChI is InChI=1S/C21H21NO2/c1-15(2)5-4-6-16(3)22-21(24)19-9-7-17(8-10-19)18-11-13-20(23)14-12-18/h4-14,23H,1H2,2-3H3,(H,22,24)/b5-4-,16-6+. The van der Waals surface area contributed by atoms with Gasteiger partial charge in [-0.25, -0.2) is 0 Å². The molecule has 0 aromatic heterocycles. The van der Waals surface area contributed by atoms with Crippen LogP contribution in [0.25, 0.3) is 11.1 Å². The molecule has 0 aliphatic rings. The Hall–Kier alpha value is -3.07. The van der Waals surface area contributed by atoms with Crippen LogP contribution in [0.1, 0.15) is 24.2 Å². The van der Waals surface area contributed by atoms with E-state index in [2.05, 4.69) is 11.9 Å².